The van der Waals surface area contributed by atoms with Gasteiger partial charge in [-0.15, -0.1) is 11.3 Å². The first kappa shape index (κ1) is 14.1. The molecule has 1 atom stereocenters. The molecule has 1 aromatic carbocycles. The third-order valence-corrected chi connectivity index (χ3v) is 4.99. The molecule has 0 amide bonds. The second-order valence-electron chi connectivity index (χ2n) is 3.93. The number of hydrogen-bond acceptors (Lipinski definition) is 3. The Labute approximate surface area is 127 Å². The Bertz CT molecular complexity index is 568. The first-order valence-corrected chi connectivity index (χ1v) is 7.78. The van der Waals surface area contributed by atoms with Gasteiger partial charge in [0.1, 0.15) is 5.75 Å². The normalized spacial score (nSPS) is 12.5. The van der Waals surface area contributed by atoms with Gasteiger partial charge in [0.05, 0.1) is 21.4 Å². The van der Waals surface area contributed by atoms with Gasteiger partial charge < -0.3 is 10.5 Å². The molecule has 1 unspecified atom stereocenters. The average molecular weight is 391 g/mol. The molecule has 1 aromatic heterocycles. The molecule has 0 radical (unpaired) electrons. The van der Waals surface area contributed by atoms with E-state index in [1.165, 1.54) is 4.88 Å². The van der Waals surface area contributed by atoms with Crippen molar-refractivity contribution >= 4 is 43.2 Å². The van der Waals surface area contributed by atoms with Gasteiger partial charge in [0.25, 0.3) is 0 Å². The van der Waals surface area contributed by atoms with Gasteiger partial charge in [-0.05, 0) is 68.1 Å². The summed E-state index contributed by atoms with van der Waals surface area (Å²) in [5, 5.41) is 0. The van der Waals surface area contributed by atoms with Crippen LogP contribution in [0.4, 0.5) is 0 Å². The summed E-state index contributed by atoms with van der Waals surface area (Å²) in [5.74, 6) is 0.814. The summed E-state index contributed by atoms with van der Waals surface area (Å²) in [6.07, 6.45) is 0. The number of aryl methyl sites for hydroxylation is 1. The predicted octanol–water partition coefficient (Wildman–Crippen LogP) is 4.64. The second-order valence-corrected chi connectivity index (χ2v) is 7.42. The van der Waals surface area contributed by atoms with Crippen LogP contribution >= 0.6 is 43.2 Å². The fraction of sp³-hybridized carbons (Fsp3) is 0.231. The quantitative estimate of drug-likeness (QED) is 0.828. The van der Waals surface area contributed by atoms with Crippen molar-refractivity contribution in [1.82, 2.24) is 0 Å². The van der Waals surface area contributed by atoms with E-state index in [-0.39, 0.29) is 6.04 Å². The monoisotopic (exact) mass is 389 g/mol. The largest absolute Gasteiger partial charge is 0.496 e. The van der Waals surface area contributed by atoms with Gasteiger partial charge in [-0.3, -0.25) is 0 Å². The molecule has 0 fully saturated rings. The molecule has 0 spiro atoms. The molecular weight excluding hydrogens is 378 g/mol. The molecule has 18 heavy (non-hydrogen) atoms. The molecule has 0 aliphatic carbocycles. The van der Waals surface area contributed by atoms with Gasteiger partial charge in [-0.2, -0.15) is 0 Å². The van der Waals surface area contributed by atoms with Crippen molar-refractivity contribution in [3.8, 4) is 5.75 Å². The zero-order chi connectivity index (χ0) is 13.3. The highest BCUT2D eigenvalue weighted by atomic mass is 79.9. The molecule has 2 rings (SSSR count). The Morgan fingerprint density at radius 1 is 1.28 bits per heavy atom. The molecule has 96 valence electrons. The highest BCUT2D eigenvalue weighted by molar-refractivity contribution is 9.11. The Balaban J connectivity index is 2.37. The number of nitrogens with two attached hydrogens (primary N) is 1. The molecule has 2 nitrogen and oxygen atoms in total. The molecule has 0 aliphatic rings. The number of hydrogen-bond donors (Lipinski definition) is 1. The minimum Gasteiger partial charge on any atom is -0.496 e. The summed E-state index contributed by atoms with van der Waals surface area (Å²) in [4.78, 5) is 1.24. The van der Waals surface area contributed by atoms with Crippen LogP contribution in [0.2, 0.25) is 0 Å². The van der Waals surface area contributed by atoms with Gasteiger partial charge >= 0.3 is 0 Å². The fourth-order valence-electron chi connectivity index (χ4n) is 1.82. The van der Waals surface area contributed by atoms with E-state index in [4.69, 9.17) is 10.5 Å². The molecule has 0 saturated heterocycles. The highest BCUT2D eigenvalue weighted by Crippen LogP contribution is 2.34. The number of rotatable bonds is 3. The summed E-state index contributed by atoms with van der Waals surface area (Å²) in [5.41, 5.74) is 8.54. The van der Waals surface area contributed by atoms with Crippen LogP contribution in [-0.2, 0) is 0 Å². The van der Waals surface area contributed by atoms with Crippen molar-refractivity contribution in [3.05, 3.63) is 48.5 Å². The van der Waals surface area contributed by atoms with Crippen LogP contribution in [0, 0.1) is 6.92 Å². The lowest BCUT2D eigenvalue weighted by Crippen LogP contribution is -2.12. The minimum absolute atomic E-state index is 0.116. The summed E-state index contributed by atoms with van der Waals surface area (Å²) in [7, 11) is 1.65. The van der Waals surface area contributed by atoms with Crippen LogP contribution in [0.1, 0.15) is 22.0 Å². The van der Waals surface area contributed by atoms with Crippen LogP contribution in [0.3, 0.4) is 0 Å². The molecule has 0 aliphatic heterocycles. The van der Waals surface area contributed by atoms with Crippen LogP contribution in [-0.4, -0.2) is 7.11 Å². The summed E-state index contributed by atoms with van der Waals surface area (Å²) >= 11 is 8.68. The third kappa shape index (κ3) is 2.79. The standard InChI is InChI=1S/C13H13Br2NOS/c1-7-9(6-12(15)18-7)13(16)8-3-4-11(17-2)10(14)5-8/h3-6,13H,16H2,1-2H3. The van der Waals surface area contributed by atoms with Gasteiger partial charge in [0.15, 0.2) is 0 Å². The Morgan fingerprint density at radius 2 is 2.00 bits per heavy atom. The number of methoxy groups -OCH3 is 1. The molecule has 2 N–H and O–H groups in total. The van der Waals surface area contributed by atoms with E-state index in [9.17, 15) is 0 Å². The Hall–Kier alpha value is -0.360. The van der Waals surface area contributed by atoms with Crippen LogP contribution in [0.15, 0.2) is 32.5 Å². The minimum atomic E-state index is -0.116. The van der Waals surface area contributed by atoms with Gasteiger partial charge in [0.2, 0.25) is 0 Å². The van der Waals surface area contributed by atoms with Gasteiger partial charge in [-0.25, -0.2) is 0 Å². The predicted molar refractivity (Wildman–Crippen MR) is 83.5 cm³/mol. The SMILES string of the molecule is COc1ccc(C(N)c2cc(Br)sc2C)cc1Br. The molecule has 0 saturated carbocycles. The van der Waals surface area contributed by atoms with E-state index >= 15 is 0 Å². The van der Waals surface area contributed by atoms with Crippen molar-refractivity contribution < 1.29 is 4.74 Å². The molecule has 0 bridgehead atoms. The number of benzene rings is 1. The lowest BCUT2D eigenvalue weighted by molar-refractivity contribution is 0.412. The fourth-order valence-corrected chi connectivity index (χ4v) is 4.14. The number of halogens is 2. The molecular formula is C13H13Br2NOS. The maximum Gasteiger partial charge on any atom is 0.133 e. The number of ether oxygens (including phenoxy) is 1. The second kappa shape index (κ2) is 5.74. The number of thiophene rings is 1. The maximum atomic E-state index is 6.32. The lowest BCUT2D eigenvalue weighted by atomic mass is 10.0. The van der Waals surface area contributed by atoms with Crippen molar-refractivity contribution in [2.75, 3.05) is 7.11 Å². The van der Waals surface area contributed by atoms with Crippen molar-refractivity contribution in [2.45, 2.75) is 13.0 Å². The van der Waals surface area contributed by atoms with Crippen molar-refractivity contribution in [2.24, 2.45) is 5.73 Å². The summed E-state index contributed by atoms with van der Waals surface area (Å²) < 4.78 is 7.25. The highest BCUT2D eigenvalue weighted by Gasteiger charge is 2.15. The van der Waals surface area contributed by atoms with E-state index in [0.717, 1.165) is 25.1 Å². The first-order valence-electron chi connectivity index (χ1n) is 5.37. The summed E-state index contributed by atoms with van der Waals surface area (Å²) in [6, 6.07) is 7.90. The molecule has 1 heterocycles. The van der Waals surface area contributed by atoms with E-state index in [2.05, 4.69) is 44.8 Å². The van der Waals surface area contributed by atoms with Crippen molar-refractivity contribution in [3.63, 3.8) is 0 Å². The zero-order valence-corrected chi connectivity index (χ0v) is 14.0. The lowest BCUT2D eigenvalue weighted by Gasteiger charge is -2.13. The van der Waals surface area contributed by atoms with Crippen LogP contribution in [0.5, 0.6) is 5.75 Å². The van der Waals surface area contributed by atoms with Crippen LogP contribution in [0.25, 0.3) is 0 Å². The average Bonchev–Trinajstić information content (AvgIpc) is 2.67. The van der Waals surface area contributed by atoms with Crippen LogP contribution < -0.4 is 10.5 Å². The summed E-state index contributed by atoms with van der Waals surface area (Å²) in [6.45, 7) is 2.09. The van der Waals surface area contributed by atoms with Crippen molar-refractivity contribution in [1.29, 1.82) is 0 Å². The first-order chi connectivity index (χ1) is 8.52. The third-order valence-electron chi connectivity index (χ3n) is 2.80. The van der Waals surface area contributed by atoms with E-state index in [0.29, 0.717) is 0 Å². The van der Waals surface area contributed by atoms with E-state index < -0.39 is 0 Å². The van der Waals surface area contributed by atoms with E-state index in [1.54, 1.807) is 18.4 Å². The molecule has 2 aromatic rings. The Morgan fingerprint density at radius 3 is 2.50 bits per heavy atom. The van der Waals surface area contributed by atoms with Gasteiger partial charge in [-0.1, -0.05) is 6.07 Å². The van der Waals surface area contributed by atoms with E-state index in [1.807, 2.05) is 18.2 Å². The smallest absolute Gasteiger partial charge is 0.133 e. The topological polar surface area (TPSA) is 35.2 Å². The Kier molecular flexibility index (Phi) is 4.48. The molecule has 5 heteroatoms. The zero-order valence-electron chi connectivity index (χ0n) is 10.0. The maximum absolute atomic E-state index is 6.32. The van der Waals surface area contributed by atoms with Gasteiger partial charge in [0, 0.05) is 4.88 Å².